The number of halogens is 1. The lowest BCUT2D eigenvalue weighted by Crippen LogP contribution is -2.23. The zero-order chi connectivity index (χ0) is 19.9. The summed E-state index contributed by atoms with van der Waals surface area (Å²) in [6, 6.07) is 15.4. The van der Waals surface area contributed by atoms with Crippen LogP contribution in [0, 0.1) is 5.82 Å². The summed E-state index contributed by atoms with van der Waals surface area (Å²) in [6.07, 6.45) is 2.99. The van der Waals surface area contributed by atoms with Crippen LogP contribution < -0.4 is 4.90 Å². The minimum absolute atomic E-state index is 0.0442. The molecule has 3 rings (SSSR count). The molecule has 0 saturated heterocycles. The van der Waals surface area contributed by atoms with Crippen LogP contribution in [0.3, 0.4) is 0 Å². The van der Waals surface area contributed by atoms with Gasteiger partial charge in [-0.25, -0.2) is 14.2 Å². The molecule has 0 spiro atoms. The smallest absolute Gasteiger partial charge is 0.331 e. The van der Waals surface area contributed by atoms with Gasteiger partial charge in [0.05, 0.1) is 11.4 Å². The molecule has 1 amide bonds. The number of carbonyl (C=O) groups excluding carboxylic acids is 2. The summed E-state index contributed by atoms with van der Waals surface area (Å²) < 4.78 is 19.3. The zero-order valence-corrected chi connectivity index (χ0v) is 15.9. The second-order valence-corrected chi connectivity index (χ2v) is 6.62. The Labute approximate surface area is 165 Å². The molecule has 7 heteroatoms. The van der Waals surface area contributed by atoms with Crippen molar-refractivity contribution in [3.05, 3.63) is 83.1 Å². The molecule has 0 fully saturated rings. The lowest BCUT2D eigenvalue weighted by Gasteiger charge is -2.18. The molecule has 0 aliphatic heterocycles. The molecule has 2 aromatic carbocycles. The first-order valence-corrected chi connectivity index (χ1v) is 9.32. The van der Waals surface area contributed by atoms with Crippen molar-refractivity contribution in [2.24, 2.45) is 0 Å². The average Bonchev–Trinajstić information content (AvgIpc) is 3.15. The van der Waals surface area contributed by atoms with E-state index in [1.54, 1.807) is 23.6 Å². The molecule has 0 radical (unpaired) electrons. The van der Waals surface area contributed by atoms with E-state index in [0.717, 1.165) is 5.56 Å². The van der Waals surface area contributed by atoms with Crippen molar-refractivity contribution in [3.8, 4) is 0 Å². The molecule has 1 heterocycles. The summed E-state index contributed by atoms with van der Waals surface area (Å²) >= 11 is 1.17. The maximum atomic E-state index is 14.1. The van der Waals surface area contributed by atoms with Crippen LogP contribution in [-0.2, 0) is 20.9 Å². The van der Waals surface area contributed by atoms with E-state index in [-0.39, 0.29) is 18.2 Å². The minimum atomic E-state index is -0.521. The lowest BCUT2D eigenvalue weighted by atomic mass is 10.2. The van der Waals surface area contributed by atoms with Gasteiger partial charge in [0, 0.05) is 18.4 Å². The maximum absolute atomic E-state index is 14.1. The van der Waals surface area contributed by atoms with Crippen LogP contribution >= 0.6 is 11.3 Å². The largest absolute Gasteiger partial charge is 0.456 e. The van der Waals surface area contributed by atoms with Gasteiger partial charge in [0.15, 0.2) is 5.13 Å². The Balaban J connectivity index is 1.66. The molecule has 0 bridgehead atoms. The Morgan fingerprint density at radius 2 is 1.86 bits per heavy atom. The average molecular weight is 396 g/mol. The van der Waals surface area contributed by atoms with Crippen molar-refractivity contribution < 1.29 is 18.7 Å². The van der Waals surface area contributed by atoms with Crippen LogP contribution in [0.2, 0.25) is 0 Å². The summed E-state index contributed by atoms with van der Waals surface area (Å²) in [5, 5.41) is 1.98. The molecule has 0 saturated carbocycles. The molecule has 0 aliphatic rings. The normalized spacial score (nSPS) is 10.8. The number of aromatic nitrogens is 1. The fourth-order valence-corrected chi connectivity index (χ4v) is 3.29. The highest BCUT2D eigenvalue weighted by molar-refractivity contribution is 7.14. The molecule has 0 unspecified atom stereocenters. The molecular formula is C21H17FN2O3S. The monoisotopic (exact) mass is 396 g/mol. The van der Waals surface area contributed by atoms with E-state index in [4.69, 9.17) is 4.74 Å². The zero-order valence-electron chi connectivity index (χ0n) is 15.0. The second-order valence-electron chi connectivity index (χ2n) is 5.78. The topological polar surface area (TPSA) is 59.5 Å². The van der Waals surface area contributed by atoms with Gasteiger partial charge in [-0.1, -0.05) is 42.5 Å². The molecule has 3 aromatic rings. The van der Waals surface area contributed by atoms with E-state index in [0.29, 0.717) is 10.8 Å². The highest BCUT2D eigenvalue weighted by Gasteiger charge is 2.21. The van der Waals surface area contributed by atoms with Crippen LogP contribution in [0.5, 0.6) is 0 Å². The van der Waals surface area contributed by atoms with Gasteiger partial charge in [0.2, 0.25) is 5.91 Å². The minimum Gasteiger partial charge on any atom is -0.456 e. The summed E-state index contributed by atoms with van der Waals surface area (Å²) in [4.78, 5) is 29.4. The van der Waals surface area contributed by atoms with Crippen LogP contribution in [0.15, 0.2) is 66.1 Å². The van der Waals surface area contributed by atoms with Crippen molar-refractivity contribution in [3.63, 3.8) is 0 Å². The number of benzene rings is 2. The van der Waals surface area contributed by atoms with Gasteiger partial charge in [-0.15, -0.1) is 11.3 Å². The number of hydrogen-bond acceptors (Lipinski definition) is 5. The summed E-state index contributed by atoms with van der Waals surface area (Å²) in [5.74, 6) is -1.39. The van der Waals surface area contributed by atoms with E-state index in [9.17, 15) is 14.0 Å². The lowest BCUT2D eigenvalue weighted by molar-refractivity contribution is -0.139. The standard InChI is InChI=1S/C21H17FN2O3S/c1-15(25)24(19-10-6-5-9-18(19)22)21-23-17(14-28-21)13-27-20(26)12-11-16-7-3-2-4-8-16/h2-12,14H,13H2,1H3/b12-11+. The van der Waals surface area contributed by atoms with E-state index in [1.165, 1.54) is 41.4 Å². The number of esters is 1. The molecule has 0 atom stereocenters. The molecule has 28 heavy (non-hydrogen) atoms. The predicted molar refractivity (Wildman–Crippen MR) is 107 cm³/mol. The first-order chi connectivity index (χ1) is 13.5. The van der Waals surface area contributed by atoms with Gasteiger partial charge in [0.1, 0.15) is 12.4 Å². The van der Waals surface area contributed by atoms with Crippen LogP contribution in [0.1, 0.15) is 18.2 Å². The fraction of sp³-hybridized carbons (Fsp3) is 0.0952. The molecule has 0 aliphatic carbocycles. The van der Waals surface area contributed by atoms with E-state index in [2.05, 4.69) is 4.98 Å². The molecule has 1 aromatic heterocycles. The van der Waals surface area contributed by atoms with Gasteiger partial charge in [-0.3, -0.25) is 9.69 Å². The van der Waals surface area contributed by atoms with E-state index >= 15 is 0 Å². The van der Waals surface area contributed by atoms with E-state index < -0.39 is 11.8 Å². The van der Waals surface area contributed by atoms with Crippen molar-refractivity contribution >= 4 is 40.1 Å². The van der Waals surface area contributed by atoms with Gasteiger partial charge >= 0.3 is 5.97 Å². The summed E-state index contributed by atoms with van der Waals surface area (Å²) in [5.41, 5.74) is 1.49. The third-order valence-electron chi connectivity index (χ3n) is 3.71. The fourth-order valence-electron chi connectivity index (χ4n) is 2.43. The van der Waals surface area contributed by atoms with Gasteiger partial charge in [-0.05, 0) is 23.8 Å². The molecular weight excluding hydrogens is 379 g/mol. The number of amides is 1. The first kappa shape index (κ1) is 19.4. The maximum Gasteiger partial charge on any atom is 0.331 e. The number of para-hydroxylation sites is 1. The number of thiazole rings is 1. The Hall–Kier alpha value is -3.32. The SMILES string of the molecule is CC(=O)N(c1nc(COC(=O)/C=C/c2ccccc2)cs1)c1ccccc1F. The molecule has 0 N–H and O–H groups in total. The Morgan fingerprint density at radius 1 is 1.14 bits per heavy atom. The van der Waals surface area contributed by atoms with Crippen LogP contribution in [0.4, 0.5) is 15.2 Å². The van der Waals surface area contributed by atoms with Crippen molar-refractivity contribution in [1.29, 1.82) is 0 Å². The van der Waals surface area contributed by atoms with E-state index in [1.807, 2.05) is 30.3 Å². The summed E-state index contributed by atoms with van der Waals surface area (Å²) in [6.45, 7) is 1.29. The summed E-state index contributed by atoms with van der Waals surface area (Å²) in [7, 11) is 0. The predicted octanol–water partition coefficient (Wildman–Crippen LogP) is 4.72. The number of anilines is 2. The number of ether oxygens (including phenoxy) is 1. The number of rotatable bonds is 6. The second kappa shape index (κ2) is 9.05. The van der Waals surface area contributed by atoms with Crippen molar-refractivity contribution in [2.45, 2.75) is 13.5 Å². The highest BCUT2D eigenvalue weighted by atomic mass is 32.1. The third kappa shape index (κ3) is 4.89. The highest BCUT2D eigenvalue weighted by Crippen LogP contribution is 2.30. The third-order valence-corrected chi connectivity index (χ3v) is 4.59. The van der Waals surface area contributed by atoms with Gasteiger partial charge in [0.25, 0.3) is 0 Å². The number of hydrogen-bond donors (Lipinski definition) is 0. The Morgan fingerprint density at radius 3 is 2.57 bits per heavy atom. The Bertz CT molecular complexity index is 1000. The quantitative estimate of drug-likeness (QED) is 0.447. The van der Waals surface area contributed by atoms with Gasteiger partial charge < -0.3 is 4.74 Å². The van der Waals surface area contributed by atoms with Crippen molar-refractivity contribution in [2.75, 3.05) is 4.90 Å². The van der Waals surface area contributed by atoms with Crippen LogP contribution in [-0.4, -0.2) is 16.9 Å². The Kier molecular flexibility index (Phi) is 6.29. The first-order valence-electron chi connectivity index (χ1n) is 8.44. The van der Waals surface area contributed by atoms with Gasteiger partial charge in [-0.2, -0.15) is 0 Å². The molecule has 5 nitrogen and oxygen atoms in total. The number of nitrogens with zero attached hydrogens (tertiary/aromatic N) is 2. The molecule has 142 valence electrons. The van der Waals surface area contributed by atoms with Crippen LogP contribution in [0.25, 0.3) is 6.08 Å². The van der Waals surface area contributed by atoms with Crippen molar-refractivity contribution in [1.82, 2.24) is 4.98 Å². The number of carbonyl (C=O) groups is 2.